The highest BCUT2D eigenvalue weighted by Gasteiger charge is 2.19. The van der Waals surface area contributed by atoms with Crippen LogP contribution in [0.3, 0.4) is 0 Å². The summed E-state index contributed by atoms with van der Waals surface area (Å²) in [7, 11) is -3.56. The SMILES string of the molecule is CCCN(Cc1ccc(C)cc1)C(=O)COC(=O)c1ccccc1NS(C)(=O)=O. The Morgan fingerprint density at radius 2 is 1.72 bits per heavy atom. The van der Waals surface area contributed by atoms with Crippen molar-refractivity contribution in [2.75, 3.05) is 24.1 Å². The first-order valence-electron chi connectivity index (χ1n) is 9.27. The molecule has 1 amide bonds. The fourth-order valence-corrected chi connectivity index (χ4v) is 3.30. The van der Waals surface area contributed by atoms with E-state index in [9.17, 15) is 18.0 Å². The van der Waals surface area contributed by atoms with E-state index in [1.165, 1.54) is 12.1 Å². The first-order chi connectivity index (χ1) is 13.7. The van der Waals surface area contributed by atoms with E-state index in [2.05, 4.69) is 4.72 Å². The molecule has 0 aliphatic heterocycles. The van der Waals surface area contributed by atoms with Crippen molar-refractivity contribution in [3.8, 4) is 0 Å². The minimum Gasteiger partial charge on any atom is -0.452 e. The van der Waals surface area contributed by atoms with Gasteiger partial charge < -0.3 is 9.64 Å². The van der Waals surface area contributed by atoms with Gasteiger partial charge in [-0.05, 0) is 31.0 Å². The van der Waals surface area contributed by atoms with Crippen molar-refractivity contribution in [2.45, 2.75) is 26.8 Å². The van der Waals surface area contributed by atoms with Crippen LogP contribution in [0.2, 0.25) is 0 Å². The Hall–Kier alpha value is -2.87. The van der Waals surface area contributed by atoms with Gasteiger partial charge >= 0.3 is 5.97 Å². The molecule has 2 aromatic carbocycles. The van der Waals surface area contributed by atoms with E-state index in [1.807, 2.05) is 38.1 Å². The topological polar surface area (TPSA) is 92.8 Å². The number of nitrogens with one attached hydrogen (secondary N) is 1. The molecule has 2 aromatic rings. The van der Waals surface area contributed by atoms with Gasteiger partial charge in [0, 0.05) is 13.1 Å². The second kappa shape index (κ2) is 10.1. The Morgan fingerprint density at radius 3 is 2.34 bits per heavy atom. The second-order valence-corrected chi connectivity index (χ2v) is 8.55. The zero-order chi connectivity index (χ0) is 21.4. The van der Waals surface area contributed by atoms with Gasteiger partial charge in [0.2, 0.25) is 10.0 Å². The molecule has 0 saturated carbocycles. The molecule has 0 unspecified atom stereocenters. The van der Waals surface area contributed by atoms with Gasteiger partial charge in [0.1, 0.15) is 0 Å². The molecule has 1 N–H and O–H groups in total. The van der Waals surface area contributed by atoms with Crippen molar-refractivity contribution in [3.63, 3.8) is 0 Å². The lowest BCUT2D eigenvalue weighted by atomic mass is 10.1. The highest BCUT2D eigenvalue weighted by molar-refractivity contribution is 7.92. The minimum absolute atomic E-state index is 0.0475. The lowest BCUT2D eigenvalue weighted by Crippen LogP contribution is -2.35. The molecule has 156 valence electrons. The number of ether oxygens (including phenoxy) is 1. The highest BCUT2D eigenvalue weighted by atomic mass is 32.2. The van der Waals surface area contributed by atoms with Gasteiger partial charge in [-0.15, -0.1) is 0 Å². The van der Waals surface area contributed by atoms with Gasteiger partial charge in [-0.2, -0.15) is 0 Å². The Bertz CT molecular complexity index is 955. The van der Waals surface area contributed by atoms with E-state index in [0.29, 0.717) is 13.1 Å². The molecule has 29 heavy (non-hydrogen) atoms. The fraction of sp³-hybridized carbons (Fsp3) is 0.333. The molecule has 0 heterocycles. The van der Waals surface area contributed by atoms with Crippen molar-refractivity contribution < 1.29 is 22.7 Å². The number of benzene rings is 2. The minimum atomic E-state index is -3.56. The number of rotatable bonds is 9. The lowest BCUT2D eigenvalue weighted by Gasteiger charge is -2.22. The van der Waals surface area contributed by atoms with Crippen LogP contribution in [0.4, 0.5) is 5.69 Å². The number of nitrogens with zero attached hydrogens (tertiary/aromatic N) is 1. The molecule has 2 rings (SSSR count). The van der Waals surface area contributed by atoms with E-state index in [1.54, 1.807) is 17.0 Å². The molecule has 0 bridgehead atoms. The summed E-state index contributed by atoms with van der Waals surface area (Å²) in [6.45, 7) is 4.51. The number of hydrogen-bond acceptors (Lipinski definition) is 5. The Kier molecular flexibility index (Phi) is 7.78. The lowest BCUT2D eigenvalue weighted by molar-refractivity contribution is -0.135. The Labute approximate surface area is 171 Å². The Morgan fingerprint density at radius 1 is 1.07 bits per heavy atom. The van der Waals surface area contributed by atoms with Crippen molar-refractivity contribution in [1.29, 1.82) is 0 Å². The maximum atomic E-state index is 12.6. The number of sulfonamides is 1. The summed E-state index contributed by atoms with van der Waals surface area (Å²) in [5, 5.41) is 0. The average molecular weight is 419 g/mol. The highest BCUT2D eigenvalue weighted by Crippen LogP contribution is 2.17. The van der Waals surface area contributed by atoms with Gasteiger partial charge in [-0.1, -0.05) is 48.9 Å². The number of carbonyl (C=O) groups is 2. The van der Waals surface area contributed by atoms with Crippen LogP contribution in [0, 0.1) is 6.92 Å². The molecule has 0 aliphatic rings. The predicted molar refractivity (Wildman–Crippen MR) is 112 cm³/mol. The quantitative estimate of drug-likeness (QED) is 0.632. The van der Waals surface area contributed by atoms with Crippen molar-refractivity contribution in [3.05, 3.63) is 65.2 Å². The molecule has 0 spiro atoms. The van der Waals surface area contributed by atoms with E-state index in [0.717, 1.165) is 23.8 Å². The summed E-state index contributed by atoms with van der Waals surface area (Å²) in [6, 6.07) is 14.0. The third-order valence-corrected chi connectivity index (χ3v) is 4.70. The predicted octanol–water partition coefficient (Wildman–Crippen LogP) is 2.96. The van der Waals surface area contributed by atoms with Crippen LogP contribution in [0.25, 0.3) is 0 Å². The van der Waals surface area contributed by atoms with Crippen LogP contribution in [-0.2, 0) is 26.1 Å². The molecule has 0 aromatic heterocycles. The molecule has 0 saturated heterocycles. The zero-order valence-corrected chi connectivity index (χ0v) is 17.7. The van der Waals surface area contributed by atoms with Crippen LogP contribution >= 0.6 is 0 Å². The second-order valence-electron chi connectivity index (χ2n) is 6.80. The summed E-state index contributed by atoms with van der Waals surface area (Å²) < 4.78 is 30.4. The molecule has 8 heteroatoms. The van der Waals surface area contributed by atoms with Crippen LogP contribution in [0.1, 0.15) is 34.8 Å². The van der Waals surface area contributed by atoms with Crippen molar-refractivity contribution >= 4 is 27.6 Å². The van der Waals surface area contributed by atoms with Crippen molar-refractivity contribution in [2.24, 2.45) is 0 Å². The van der Waals surface area contributed by atoms with Gasteiger partial charge in [-0.3, -0.25) is 9.52 Å². The number of carbonyl (C=O) groups excluding carboxylic acids is 2. The maximum Gasteiger partial charge on any atom is 0.340 e. The average Bonchev–Trinajstić information content (AvgIpc) is 2.66. The monoisotopic (exact) mass is 418 g/mol. The molecule has 0 radical (unpaired) electrons. The van der Waals surface area contributed by atoms with Gasteiger partial charge in [-0.25, -0.2) is 13.2 Å². The number of amides is 1. The fourth-order valence-electron chi connectivity index (χ4n) is 2.72. The standard InChI is InChI=1S/C21H26N2O5S/c1-4-13-23(14-17-11-9-16(2)10-12-17)20(24)15-28-21(25)18-7-5-6-8-19(18)22-29(3,26)27/h5-12,22H,4,13-15H2,1-3H3. The van der Waals surface area contributed by atoms with Gasteiger partial charge in [0.05, 0.1) is 17.5 Å². The molecule has 7 nitrogen and oxygen atoms in total. The first-order valence-corrected chi connectivity index (χ1v) is 11.2. The number of hydrogen-bond donors (Lipinski definition) is 1. The summed E-state index contributed by atoms with van der Waals surface area (Å²) in [4.78, 5) is 26.6. The summed E-state index contributed by atoms with van der Waals surface area (Å²) in [5.41, 5.74) is 2.28. The summed E-state index contributed by atoms with van der Waals surface area (Å²) in [5.74, 6) is -1.08. The normalized spacial score (nSPS) is 11.0. The number of aryl methyl sites for hydroxylation is 1. The third kappa shape index (κ3) is 7.23. The summed E-state index contributed by atoms with van der Waals surface area (Å²) >= 11 is 0. The first kappa shape index (κ1) is 22.4. The Balaban J connectivity index is 2.04. The molecule has 0 fully saturated rings. The number of esters is 1. The summed E-state index contributed by atoms with van der Waals surface area (Å²) in [6.07, 6.45) is 1.76. The van der Waals surface area contributed by atoms with Gasteiger partial charge in [0.15, 0.2) is 6.61 Å². The largest absolute Gasteiger partial charge is 0.452 e. The third-order valence-electron chi connectivity index (χ3n) is 4.11. The van der Waals surface area contributed by atoms with E-state index in [-0.39, 0.29) is 17.2 Å². The van der Waals surface area contributed by atoms with Crippen LogP contribution in [-0.4, -0.2) is 44.6 Å². The van der Waals surface area contributed by atoms with E-state index < -0.39 is 22.6 Å². The van der Waals surface area contributed by atoms with Crippen LogP contribution < -0.4 is 4.72 Å². The van der Waals surface area contributed by atoms with E-state index in [4.69, 9.17) is 4.74 Å². The number of para-hydroxylation sites is 1. The van der Waals surface area contributed by atoms with E-state index >= 15 is 0 Å². The molecule has 0 atom stereocenters. The smallest absolute Gasteiger partial charge is 0.340 e. The number of anilines is 1. The van der Waals surface area contributed by atoms with Crippen LogP contribution in [0.15, 0.2) is 48.5 Å². The molecule has 0 aliphatic carbocycles. The molecular formula is C21H26N2O5S. The van der Waals surface area contributed by atoms with Crippen molar-refractivity contribution in [1.82, 2.24) is 4.90 Å². The molecular weight excluding hydrogens is 392 g/mol. The van der Waals surface area contributed by atoms with Crippen LogP contribution in [0.5, 0.6) is 0 Å². The zero-order valence-electron chi connectivity index (χ0n) is 16.8. The maximum absolute atomic E-state index is 12.6. The van der Waals surface area contributed by atoms with Gasteiger partial charge in [0.25, 0.3) is 5.91 Å².